The molecule has 1 heterocycles. The molecule has 1 saturated heterocycles. The standard InChI is InChI=1S/C35H26BrClN2O6/c1-45-28-14-17(13-26(37)33(28)42)29-21-11-12-22-30(23(21)15-24-31(29)27(40)16-25(36)32(24)41)35(44)39(34(22)43)20-9-7-19(8-10-20)38-18-5-3-2-4-6-18/h2-11,13-14,16,22-23,29-30,38,42H,12,15H2,1H3. The number of ether oxygens (including phenoxy) is 1. The fraction of sp³-hybridized carbons (Fsp3) is 0.200. The van der Waals surface area contributed by atoms with E-state index in [1.807, 2.05) is 48.5 Å². The third-order valence-corrected chi connectivity index (χ3v) is 10.0. The monoisotopic (exact) mass is 684 g/mol. The first-order chi connectivity index (χ1) is 21.7. The van der Waals surface area contributed by atoms with E-state index in [1.165, 1.54) is 18.1 Å². The van der Waals surface area contributed by atoms with Gasteiger partial charge in [-0.05, 0) is 88.8 Å². The summed E-state index contributed by atoms with van der Waals surface area (Å²) in [4.78, 5) is 56.2. The highest BCUT2D eigenvalue weighted by Gasteiger charge is 2.56. The largest absolute Gasteiger partial charge is 0.503 e. The van der Waals surface area contributed by atoms with Crippen LogP contribution in [-0.2, 0) is 19.2 Å². The number of benzene rings is 3. The number of nitrogens with zero attached hydrogens (tertiary/aromatic N) is 1. The number of anilines is 3. The van der Waals surface area contributed by atoms with E-state index in [2.05, 4.69) is 21.2 Å². The first-order valence-electron chi connectivity index (χ1n) is 14.4. The van der Waals surface area contributed by atoms with Crippen LogP contribution in [-0.4, -0.2) is 35.6 Å². The molecule has 3 aromatic rings. The quantitative estimate of drug-likeness (QED) is 0.173. The Kier molecular flexibility index (Phi) is 7.25. The molecule has 45 heavy (non-hydrogen) atoms. The van der Waals surface area contributed by atoms with Crippen molar-refractivity contribution in [3.8, 4) is 11.5 Å². The van der Waals surface area contributed by atoms with Crippen LogP contribution in [0.2, 0.25) is 5.02 Å². The first kappa shape index (κ1) is 29.3. The summed E-state index contributed by atoms with van der Waals surface area (Å²) in [5, 5.41) is 13.7. The molecule has 7 rings (SSSR count). The van der Waals surface area contributed by atoms with Crippen molar-refractivity contribution < 1.29 is 29.0 Å². The molecule has 2 amide bonds. The number of rotatable bonds is 5. The minimum atomic E-state index is -0.724. The van der Waals surface area contributed by atoms with Gasteiger partial charge in [-0.15, -0.1) is 0 Å². The highest BCUT2D eigenvalue weighted by atomic mass is 79.9. The van der Waals surface area contributed by atoms with Gasteiger partial charge in [0.1, 0.15) is 0 Å². The fourth-order valence-electron chi connectivity index (χ4n) is 7.14. The fourth-order valence-corrected chi connectivity index (χ4v) is 7.80. The highest BCUT2D eigenvalue weighted by molar-refractivity contribution is 9.12. The van der Waals surface area contributed by atoms with Gasteiger partial charge in [-0.2, -0.15) is 0 Å². The van der Waals surface area contributed by atoms with Gasteiger partial charge in [0.05, 0.1) is 34.1 Å². The van der Waals surface area contributed by atoms with Gasteiger partial charge in [-0.25, -0.2) is 0 Å². The van der Waals surface area contributed by atoms with Crippen molar-refractivity contribution in [2.75, 3.05) is 17.3 Å². The summed E-state index contributed by atoms with van der Waals surface area (Å²) >= 11 is 9.63. The van der Waals surface area contributed by atoms with E-state index >= 15 is 0 Å². The average Bonchev–Trinajstić information content (AvgIpc) is 3.30. The number of amides is 2. The number of imide groups is 1. The van der Waals surface area contributed by atoms with E-state index in [0.29, 0.717) is 28.8 Å². The van der Waals surface area contributed by atoms with Crippen molar-refractivity contribution in [2.24, 2.45) is 17.8 Å². The number of para-hydroxylation sites is 1. The van der Waals surface area contributed by atoms with Gasteiger partial charge < -0.3 is 15.2 Å². The number of aromatic hydroxyl groups is 1. The zero-order valence-corrected chi connectivity index (χ0v) is 26.3. The molecule has 2 N–H and O–H groups in total. The molecule has 4 unspecified atom stereocenters. The Morgan fingerprint density at radius 2 is 1.67 bits per heavy atom. The van der Waals surface area contributed by atoms with E-state index in [9.17, 15) is 24.3 Å². The molecule has 0 spiro atoms. The molecule has 8 nitrogen and oxygen atoms in total. The second-order valence-corrected chi connectivity index (χ2v) is 12.8. The first-order valence-corrected chi connectivity index (χ1v) is 15.6. The third kappa shape index (κ3) is 4.73. The topological polar surface area (TPSA) is 113 Å². The molecule has 226 valence electrons. The number of Topliss-reactive ketones (excluding diaryl/α,β-unsaturated/α-hetero) is 1. The minimum Gasteiger partial charge on any atom is -0.503 e. The summed E-state index contributed by atoms with van der Waals surface area (Å²) in [5.74, 6) is -3.98. The molecule has 0 radical (unpaired) electrons. The number of hydrogen-bond donors (Lipinski definition) is 2. The maximum absolute atomic E-state index is 14.2. The van der Waals surface area contributed by atoms with Crippen LogP contribution in [0, 0.1) is 17.8 Å². The number of hydrogen-bond acceptors (Lipinski definition) is 7. The van der Waals surface area contributed by atoms with E-state index in [0.717, 1.165) is 16.9 Å². The van der Waals surface area contributed by atoms with Crippen molar-refractivity contribution in [2.45, 2.75) is 18.8 Å². The van der Waals surface area contributed by atoms with E-state index in [4.69, 9.17) is 16.3 Å². The van der Waals surface area contributed by atoms with Gasteiger partial charge in [0.25, 0.3) is 0 Å². The molecule has 0 bridgehead atoms. The normalized spacial score (nSPS) is 24.1. The van der Waals surface area contributed by atoms with Crippen LogP contribution < -0.4 is 15.0 Å². The number of nitrogens with one attached hydrogen (secondary N) is 1. The smallest absolute Gasteiger partial charge is 0.238 e. The molecular formula is C35H26BrClN2O6. The second-order valence-electron chi connectivity index (χ2n) is 11.5. The second kappa shape index (κ2) is 11.2. The molecule has 1 aliphatic heterocycles. The predicted octanol–water partition coefficient (Wildman–Crippen LogP) is 6.76. The summed E-state index contributed by atoms with van der Waals surface area (Å²) in [7, 11) is 1.39. The third-order valence-electron chi connectivity index (χ3n) is 9.12. The molecule has 10 heteroatoms. The number of phenolic OH excluding ortho intramolecular Hbond substituents is 1. The summed E-state index contributed by atoms with van der Waals surface area (Å²) in [6.45, 7) is 0. The number of carbonyl (C=O) groups is 4. The molecule has 4 aliphatic rings. The van der Waals surface area contributed by atoms with E-state index in [1.54, 1.807) is 24.3 Å². The SMILES string of the molecule is COc1cc(C2C3=CCC4C(=O)N(c5ccc(Nc6ccccc6)cc5)C(=O)C4C3CC3=C2C(=O)C=C(Br)C3=O)cc(Cl)c1O. The van der Waals surface area contributed by atoms with Crippen LogP contribution in [0.3, 0.4) is 0 Å². The summed E-state index contributed by atoms with van der Waals surface area (Å²) in [5.41, 5.74) is 4.12. The van der Waals surface area contributed by atoms with Crippen molar-refractivity contribution >= 4 is 68.0 Å². The Hall–Kier alpha value is -4.47. The van der Waals surface area contributed by atoms with Gasteiger partial charge in [-0.1, -0.05) is 41.4 Å². The number of phenols is 1. The highest BCUT2D eigenvalue weighted by Crippen LogP contribution is 2.56. The van der Waals surface area contributed by atoms with Crippen LogP contribution in [0.5, 0.6) is 11.5 Å². The lowest BCUT2D eigenvalue weighted by atomic mass is 9.59. The Morgan fingerprint density at radius 1 is 0.956 bits per heavy atom. The molecule has 4 atom stereocenters. The maximum Gasteiger partial charge on any atom is 0.238 e. The molecule has 3 aromatic carbocycles. The van der Waals surface area contributed by atoms with Gasteiger partial charge >= 0.3 is 0 Å². The van der Waals surface area contributed by atoms with Crippen molar-refractivity contribution in [1.29, 1.82) is 0 Å². The van der Waals surface area contributed by atoms with Gasteiger partial charge in [-0.3, -0.25) is 24.1 Å². The molecule has 1 fully saturated rings. The number of methoxy groups -OCH3 is 1. The Labute approximate surface area is 272 Å². The van der Waals surface area contributed by atoms with Crippen molar-refractivity contribution in [1.82, 2.24) is 0 Å². The zero-order valence-electron chi connectivity index (χ0n) is 23.9. The van der Waals surface area contributed by atoms with Gasteiger partial charge in [0.15, 0.2) is 23.1 Å². The Bertz CT molecular complexity index is 1900. The lowest BCUT2D eigenvalue weighted by Crippen LogP contribution is -2.39. The Morgan fingerprint density at radius 3 is 2.38 bits per heavy atom. The van der Waals surface area contributed by atoms with Crippen LogP contribution in [0.1, 0.15) is 24.3 Å². The summed E-state index contributed by atoms with van der Waals surface area (Å²) in [6, 6.07) is 19.9. The van der Waals surface area contributed by atoms with Crippen LogP contribution >= 0.6 is 27.5 Å². The number of allylic oxidation sites excluding steroid dienone is 6. The van der Waals surface area contributed by atoms with Crippen molar-refractivity contribution in [3.63, 3.8) is 0 Å². The molecule has 0 aromatic heterocycles. The number of carbonyl (C=O) groups excluding carboxylic acids is 4. The number of ketones is 2. The average molecular weight is 686 g/mol. The summed E-state index contributed by atoms with van der Waals surface area (Å²) < 4.78 is 5.49. The molecular weight excluding hydrogens is 660 g/mol. The summed E-state index contributed by atoms with van der Waals surface area (Å²) in [6.07, 6.45) is 3.64. The van der Waals surface area contributed by atoms with Crippen LogP contribution in [0.4, 0.5) is 17.1 Å². The zero-order chi connectivity index (χ0) is 31.6. The Balaban J connectivity index is 1.27. The molecule has 0 saturated carbocycles. The molecule has 3 aliphatic carbocycles. The van der Waals surface area contributed by atoms with Crippen LogP contribution in [0.15, 0.2) is 100 Å². The number of fused-ring (bicyclic) bond motifs is 3. The van der Waals surface area contributed by atoms with E-state index in [-0.39, 0.29) is 50.8 Å². The lowest BCUT2D eigenvalue weighted by molar-refractivity contribution is -0.123. The maximum atomic E-state index is 14.2. The minimum absolute atomic E-state index is 0.0257. The van der Waals surface area contributed by atoms with E-state index < -0.39 is 23.7 Å². The van der Waals surface area contributed by atoms with Gasteiger partial charge in [0, 0.05) is 34.5 Å². The predicted molar refractivity (Wildman–Crippen MR) is 173 cm³/mol. The van der Waals surface area contributed by atoms with Gasteiger partial charge in [0.2, 0.25) is 11.8 Å². The van der Waals surface area contributed by atoms with Crippen LogP contribution in [0.25, 0.3) is 0 Å². The lowest BCUT2D eigenvalue weighted by Gasteiger charge is -2.42. The van der Waals surface area contributed by atoms with Crippen molar-refractivity contribution in [3.05, 3.63) is 111 Å². The number of halogens is 2.